The summed E-state index contributed by atoms with van der Waals surface area (Å²) in [6.07, 6.45) is 8.38. The van der Waals surface area contributed by atoms with Gasteiger partial charge < -0.3 is 15.0 Å². The molecule has 5 nitrogen and oxygen atoms in total. The number of rotatable bonds is 3. The molecule has 1 saturated heterocycles. The normalized spacial score (nSPS) is 19.3. The molecule has 1 aliphatic heterocycles. The number of ether oxygens (including phenoxy) is 1. The molecule has 1 aliphatic carbocycles. The Kier molecular flexibility index (Phi) is 4.72. The first kappa shape index (κ1) is 16.2. The van der Waals surface area contributed by atoms with Crippen LogP contribution in [0.3, 0.4) is 0 Å². The van der Waals surface area contributed by atoms with Crippen LogP contribution < -0.4 is 10.1 Å². The first-order valence-electron chi connectivity index (χ1n) is 9.35. The number of nitrogens with zero attached hydrogens (tertiary/aromatic N) is 2. The van der Waals surface area contributed by atoms with E-state index in [4.69, 9.17) is 4.74 Å². The molecule has 0 unspecified atom stereocenters. The molecule has 2 amide bonds. The second-order valence-electron chi connectivity index (χ2n) is 7.07. The zero-order chi connectivity index (χ0) is 17.1. The number of nitrogens with one attached hydrogen (secondary N) is 1. The van der Waals surface area contributed by atoms with Crippen LogP contribution in [0.1, 0.15) is 38.5 Å². The molecule has 132 valence electrons. The quantitative estimate of drug-likeness (QED) is 0.927. The highest BCUT2D eigenvalue weighted by Gasteiger charge is 2.26. The topological polar surface area (TPSA) is 54.5 Å². The second-order valence-corrected chi connectivity index (χ2v) is 7.07. The van der Waals surface area contributed by atoms with E-state index in [1.807, 2.05) is 35.2 Å². The number of benzene rings is 1. The van der Waals surface area contributed by atoms with Crippen LogP contribution in [0.15, 0.2) is 36.5 Å². The number of para-hydroxylation sites is 1. The Morgan fingerprint density at radius 1 is 1.08 bits per heavy atom. The van der Waals surface area contributed by atoms with Crippen LogP contribution in [0.2, 0.25) is 0 Å². The van der Waals surface area contributed by atoms with Gasteiger partial charge in [0.2, 0.25) is 0 Å². The van der Waals surface area contributed by atoms with Crippen LogP contribution in [0, 0.1) is 0 Å². The molecule has 2 heterocycles. The van der Waals surface area contributed by atoms with Crippen molar-refractivity contribution in [2.75, 3.05) is 13.1 Å². The number of aromatic nitrogens is 1. The average molecular weight is 339 g/mol. The molecule has 1 saturated carbocycles. The standard InChI is InChI=1S/C20H25N3O2/c24-20(22-16-7-1-2-8-16)23-13-10-17(11-14-23)25-18-9-3-5-15-6-4-12-21-19(15)18/h3-6,9,12,16-17H,1-2,7-8,10-11,13-14H2,(H,22,24). The summed E-state index contributed by atoms with van der Waals surface area (Å²) in [4.78, 5) is 18.7. The lowest BCUT2D eigenvalue weighted by Gasteiger charge is -2.33. The van der Waals surface area contributed by atoms with Gasteiger partial charge in [0.25, 0.3) is 0 Å². The Labute approximate surface area is 148 Å². The lowest BCUT2D eigenvalue weighted by atomic mass is 10.1. The van der Waals surface area contributed by atoms with Crippen LogP contribution in [-0.4, -0.2) is 41.2 Å². The third kappa shape index (κ3) is 3.70. The van der Waals surface area contributed by atoms with Crippen molar-refractivity contribution in [3.8, 4) is 5.75 Å². The smallest absolute Gasteiger partial charge is 0.317 e. The van der Waals surface area contributed by atoms with Crippen molar-refractivity contribution in [2.24, 2.45) is 0 Å². The molecule has 5 heteroatoms. The SMILES string of the molecule is O=C(NC1CCCC1)N1CCC(Oc2cccc3cccnc23)CC1. The van der Waals surface area contributed by atoms with Gasteiger partial charge in [0, 0.05) is 43.6 Å². The molecule has 2 fully saturated rings. The number of urea groups is 1. The third-order valence-corrected chi connectivity index (χ3v) is 5.30. The van der Waals surface area contributed by atoms with Gasteiger partial charge >= 0.3 is 6.03 Å². The number of carbonyl (C=O) groups excluding carboxylic acids is 1. The lowest BCUT2D eigenvalue weighted by Crippen LogP contribution is -2.48. The van der Waals surface area contributed by atoms with Crippen molar-refractivity contribution in [2.45, 2.75) is 50.7 Å². The van der Waals surface area contributed by atoms with Crippen molar-refractivity contribution >= 4 is 16.9 Å². The highest BCUT2D eigenvalue weighted by atomic mass is 16.5. The Bertz CT molecular complexity index is 729. The molecular weight excluding hydrogens is 314 g/mol. The number of carbonyl (C=O) groups is 1. The van der Waals surface area contributed by atoms with Gasteiger partial charge in [0.05, 0.1) is 0 Å². The fourth-order valence-electron chi connectivity index (χ4n) is 3.86. The first-order valence-corrected chi connectivity index (χ1v) is 9.35. The molecule has 1 aromatic heterocycles. The fraction of sp³-hybridized carbons (Fsp3) is 0.500. The van der Waals surface area contributed by atoms with E-state index in [9.17, 15) is 4.79 Å². The zero-order valence-electron chi connectivity index (χ0n) is 14.5. The Balaban J connectivity index is 1.33. The number of likely N-dealkylation sites (tertiary alicyclic amines) is 1. The van der Waals surface area contributed by atoms with Crippen molar-refractivity contribution in [1.29, 1.82) is 0 Å². The number of piperidine rings is 1. The Hall–Kier alpha value is -2.30. The first-order chi connectivity index (χ1) is 12.3. The van der Waals surface area contributed by atoms with E-state index in [1.54, 1.807) is 6.20 Å². The molecule has 1 N–H and O–H groups in total. The monoisotopic (exact) mass is 339 g/mol. The minimum Gasteiger partial charge on any atom is -0.488 e. The molecule has 0 radical (unpaired) electrons. The van der Waals surface area contributed by atoms with Gasteiger partial charge in [-0.15, -0.1) is 0 Å². The van der Waals surface area contributed by atoms with Gasteiger partial charge in [0.15, 0.2) is 0 Å². The fourth-order valence-corrected chi connectivity index (χ4v) is 3.86. The van der Waals surface area contributed by atoms with E-state index < -0.39 is 0 Å². The van der Waals surface area contributed by atoms with Crippen LogP contribution in [0.25, 0.3) is 10.9 Å². The maximum atomic E-state index is 12.4. The number of hydrogen-bond donors (Lipinski definition) is 1. The van der Waals surface area contributed by atoms with E-state index >= 15 is 0 Å². The number of amides is 2. The number of pyridine rings is 1. The van der Waals surface area contributed by atoms with E-state index in [-0.39, 0.29) is 12.1 Å². The molecule has 4 rings (SSSR count). The minimum atomic E-state index is 0.0946. The molecule has 1 aromatic carbocycles. The summed E-state index contributed by atoms with van der Waals surface area (Å²) >= 11 is 0. The number of fused-ring (bicyclic) bond motifs is 1. The van der Waals surface area contributed by atoms with Crippen molar-refractivity contribution in [3.63, 3.8) is 0 Å². The summed E-state index contributed by atoms with van der Waals surface area (Å²) in [5.41, 5.74) is 0.909. The maximum Gasteiger partial charge on any atom is 0.317 e. The molecule has 2 aliphatic rings. The minimum absolute atomic E-state index is 0.0946. The molecule has 25 heavy (non-hydrogen) atoms. The summed E-state index contributed by atoms with van der Waals surface area (Å²) in [5.74, 6) is 0.840. The van der Waals surface area contributed by atoms with Gasteiger partial charge in [-0.3, -0.25) is 4.98 Å². The third-order valence-electron chi connectivity index (χ3n) is 5.30. The summed E-state index contributed by atoms with van der Waals surface area (Å²) in [6, 6.07) is 10.5. The summed E-state index contributed by atoms with van der Waals surface area (Å²) in [7, 11) is 0. The van der Waals surface area contributed by atoms with Crippen molar-refractivity contribution < 1.29 is 9.53 Å². The van der Waals surface area contributed by atoms with E-state index in [2.05, 4.69) is 10.3 Å². The van der Waals surface area contributed by atoms with Crippen LogP contribution in [0.5, 0.6) is 5.75 Å². The maximum absolute atomic E-state index is 12.4. The van der Waals surface area contributed by atoms with Crippen LogP contribution in [0.4, 0.5) is 4.79 Å². The zero-order valence-corrected chi connectivity index (χ0v) is 14.5. The predicted octanol–water partition coefficient (Wildman–Crippen LogP) is 3.73. The second kappa shape index (κ2) is 7.30. The molecule has 0 spiro atoms. The Morgan fingerprint density at radius 3 is 2.64 bits per heavy atom. The number of hydrogen-bond acceptors (Lipinski definition) is 3. The van der Waals surface area contributed by atoms with E-state index in [0.29, 0.717) is 6.04 Å². The largest absolute Gasteiger partial charge is 0.488 e. The summed E-state index contributed by atoms with van der Waals surface area (Å²) < 4.78 is 6.21. The van der Waals surface area contributed by atoms with Gasteiger partial charge in [-0.25, -0.2) is 4.79 Å². The van der Waals surface area contributed by atoms with Gasteiger partial charge in [-0.05, 0) is 25.0 Å². The van der Waals surface area contributed by atoms with E-state index in [0.717, 1.165) is 55.4 Å². The average Bonchev–Trinajstić information content (AvgIpc) is 3.16. The van der Waals surface area contributed by atoms with Gasteiger partial charge in [-0.1, -0.05) is 31.0 Å². The highest BCUT2D eigenvalue weighted by molar-refractivity contribution is 5.84. The molecule has 2 aromatic rings. The van der Waals surface area contributed by atoms with Gasteiger partial charge in [0.1, 0.15) is 17.4 Å². The van der Waals surface area contributed by atoms with Crippen molar-refractivity contribution in [1.82, 2.24) is 15.2 Å². The molecule has 0 atom stereocenters. The predicted molar refractivity (Wildman–Crippen MR) is 97.8 cm³/mol. The summed E-state index contributed by atoms with van der Waals surface area (Å²) in [6.45, 7) is 1.50. The lowest BCUT2D eigenvalue weighted by molar-refractivity contribution is 0.111. The molecular formula is C20H25N3O2. The highest BCUT2D eigenvalue weighted by Crippen LogP contribution is 2.26. The summed E-state index contributed by atoms with van der Waals surface area (Å²) in [5, 5.41) is 4.26. The Morgan fingerprint density at radius 2 is 1.84 bits per heavy atom. The van der Waals surface area contributed by atoms with Gasteiger partial charge in [-0.2, -0.15) is 0 Å². The van der Waals surface area contributed by atoms with Crippen molar-refractivity contribution in [3.05, 3.63) is 36.5 Å². The molecule has 0 bridgehead atoms. The van der Waals surface area contributed by atoms with E-state index in [1.165, 1.54) is 12.8 Å². The van der Waals surface area contributed by atoms with Crippen LogP contribution >= 0.6 is 0 Å². The van der Waals surface area contributed by atoms with Crippen LogP contribution in [-0.2, 0) is 0 Å².